The number of aryl methyl sites for hydroxylation is 1. The minimum absolute atomic E-state index is 0.620. The van der Waals surface area contributed by atoms with Gasteiger partial charge in [0.15, 0.2) is 0 Å². The van der Waals surface area contributed by atoms with Crippen LogP contribution >= 0.6 is 0 Å². The molecule has 1 fully saturated rings. The molecule has 3 heteroatoms. The first kappa shape index (κ1) is 16.5. The molecule has 0 aliphatic carbocycles. The van der Waals surface area contributed by atoms with Crippen LogP contribution in [0.15, 0.2) is 30.3 Å². The van der Waals surface area contributed by atoms with Crippen molar-refractivity contribution in [2.75, 3.05) is 45.8 Å². The standard InChI is InChI=1S/C18H31N3/c1-17(15-19)16-21-12-6-11-20(13-14-21)10-5-9-18-7-3-2-4-8-18/h2-4,7-8,17H,5-6,9-16,19H2,1H3. The molecule has 0 radical (unpaired) electrons. The van der Waals surface area contributed by atoms with Gasteiger partial charge in [0.25, 0.3) is 0 Å². The van der Waals surface area contributed by atoms with Gasteiger partial charge in [-0.05, 0) is 56.9 Å². The highest BCUT2D eigenvalue weighted by atomic mass is 15.2. The van der Waals surface area contributed by atoms with Gasteiger partial charge in [-0.3, -0.25) is 0 Å². The van der Waals surface area contributed by atoms with E-state index in [1.165, 1.54) is 57.5 Å². The summed E-state index contributed by atoms with van der Waals surface area (Å²) < 4.78 is 0. The van der Waals surface area contributed by atoms with Gasteiger partial charge in [0, 0.05) is 19.6 Å². The van der Waals surface area contributed by atoms with Crippen molar-refractivity contribution in [2.45, 2.75) is 26.2 Å². The van der Waals surface area contributed by atoms with Crippen LogP contribution in [0.3, 0.4) is 0 Å². The molecular formula is C18H31N3. The van der Waals surface area contributed by atoms with E-state index in [-0.39, 0.29) is 0 Å². The van der Waals surface area contributed by atoms with E-state index < -0.39 is 0 Å². The molecule has 1 aliphatic rings. The number of nitrogens with two attached hydrogens (primary N) is 1. The van der Waals surface area contributed by atoms with E-state index in [0.717, 1.165) is 13.1 Å². The molecule has 0 spiro atoms. The molecule has 1 saturated heterocycles. The van der Waals surface area contributed by atoms with Crippen LogP contribution in [0.5, 0.6) is 0 Å². The predicted octanol–water partition coefficient (Wildman–Crippen LogP) is 2.22. The van der Waals surface area contributed by atoms with E-state index in [2.05, 4.69) is 47.1 Å². The lowest BCUT2D eigenvalue weighted by Crippen LogP contribution is -2.35. The van der Waals surface area contributed by atoms with E-state index in [0.29, 0.717) is 5.92 Å². The Morgan fingerprint density at radius 3 is 2.52 bits per heavy atom. The van der Waals surface area contributed by atoms with Gasteiger partial charge in [-0.2, -0.15) is 0 Å². The smallest absolute Gasteiger partial charge is 0.0109 e. The van der Waals surface area contributed by atoms with E-state index in [9.17, 15) is 0 Å². The van der Waals surface area contributed by atoms with Gasteiger partial charge in [0.2, 0.25) is 0 Å². The summed E-state index contributed by atoms with van der Waals surface area (Å²) >= 11 is 0. The number of hydrogen-bond donors (Lipinski definition) is 1. The molecule has 0 bridgehead atoms. The normalized spacial score (nSPS) is 19.3. The van der Waals surface area contributed by atoms with Gasteiger partial charge in [-0.1, -0.05) is 37.3 Å². The Hall–Kier alpha value is -0.900. The second-order valence-corrected chi connectivity index (χ2v) is 6.43. The van der Waals surface area contributed by atoms with Gasteiger partial charge in [-0.15, -0.1) is 0 Å². The molecule has 1 heterocycles. The van der Waals surface area contributed by atoms with Gasteiger partial charge in [-0.25, -0.2) is 0 Å². The van der Waals surface area contributed by atoms with Crippen molar-refractivity contribution in [1.82, 2.24) is 9.80 Å². The molecule has 1 aromatic carbocycles. The Morgan fingerprint density at radius 2 is 1.76 bits per heavy atom. The maximum absolute atomic E-state index is 5.74. The molecule has 1 unspecified atom stereocenters. The Labute approximate surface area is 130 Å². The molecule has 2 N–H and O–H groups in total. The summed E-state index contributed by atoms with van der Waals surface area (Å²) in [4.78, 5) is 5.23. The quantitative estimate of drug-likeness (QED) is 0.835. The molecule has 0 amide bonds. The van der Waals surface area contributed by atoms with Crippen LogP contribution in [0.2, 0.25) is 0 Å². The van der Waals surface area contributed by atoms with Crippen LogP contribution in [0.25, 0.3) is 0 Å². The highest BCUT2D eigenvalue weighted by molar-refractivity contribution is 5.14. The lowest BCUT2D eigenvalue weighted by Gasteiger charge is -2.24. The fourth-order valence-electron chi connectivity index (χ4n) is 3.10. The average molecular weight is 289 g/mol. The van der Waals surface area contributed by atoms with Crippen LogP contribution in [-0.4, -0.2) is 55.6 Å². The lowest BCUT2D eigenvalue weighted by molar-refractivity contribution is 0.234. The second-order valence-electron chi connectivity index (χ2n) is 6.43. The molecule has 118 valence electrons. The Kier molecular flexibility index (Phi) is 7.20. The number of nitrogens with zero attached hydrogens (tertiary/aromatic N) is 2. The van der Waals surface area contributed by atoms with Gasteiger partial charge >= 0.3 is 0 Å². The Bertz CT molecular complexity index is 379. The Balaban J connectivity index is 1.66. The monoisotopic (exact) mass is 289 g/mol. The van der Waals surface area contributed by atoms with E-state index in [1.54, 1.807) is 0 Å². The molecule has 2 rings (SSSR count). The first-order valence-electron chi connectivity index (χ1n) is 8.46. The van der Waals surface area contributed by atoms with Crippen molar-refractivity contribution in [2.24, 2.45) is 11.7 Å². The summed E-state index contributed by atoms with van der Waals surface area (Å²) in [7, 11) is 0. The minimum Gasteiger partial charge on any atom is -0.330 e. The zero-order valence-electron chi connectivity index (χ0n) is 13.5. The minimum atomic E-state index is 0.620. The van der Waals surface area contributed by atoms with Crippen LogP contribution in [0, 0.1) is 5.92 Å². The first-order chi connectivity index (χ1) is 10.3. The first-order valence-corrected chi connectivity index (χ1v) is 8.46. The van der Waals surface area contributed by atoms with Crippen LogP contribution in [-0.2, 0) is 6.42 Å². The summed E-state index contributed by atoms with van der Waals surface area (Å²) in [6, 6.07) is 10.8. The summed E-state index contributed by atoms with van der Waals surface area (Å²) in [5, 5.41) is 0. The summed E-state index contributed by atoms with van der Waals surface area (Å²) in [5.74, 6) is 0.620. The van der Waals surface area contributed by atoms with Crippen molar-refractivity contribution in [1.29, 1.82) is 0 Å². The van der Waals surface area contributed by atoms with Crippen LogP contribution in [0.1, 0.15) is 25.3 Å². The van der Waals surface area contributed by atoms with Crippen LogP contribution < -0.4 is 5.73 Å². The molecule has 1 aliphatic heterocycles. The van der Waals surface area contributed by atoms with Crippen molar-refractivity contribution in [3.8, 4) is 0 Å². The van der Waals surface area contributed by atoms with E-state index in [1.807, 2.05) is 0 Å². The molecule has 21 heavy (non-hydrogen) atoms. The molecular weight excluding hydrogens is 258 g/mol. The number of rotatable bonds is 7. The van der Waals surface area contributed by atoms with E-state index in [4.69, 9.17) is 5.73 Å². The summed E-state index contributed by atoms with van der Waals surface area (Å²) in [6.45, 7) is 10.4. The molecule has 1 aromatic rings. The highest BCUT2D eigenvalue weighted by Crippen LogP contribution is 2.08. The van der Waals surface area contributed by atoms with E-state index >= 15 is 0 Å². The molecule has 3 nitrogen and oxygen atoms in total. The second kappa shape index (κ2) is 9.19. The zero-order chi connectivity index (χ0) is 14.9. The van der Waals surface area contributed by atoms with Crippen molar-refractivity contribution in [3.05, 3.63) is 35.9 Å². The van der Waals surface area contributed by atoms with Crippen molar-refractivity contribution in [3.63, 3.8) is 0 Å². The third-order valence-electron chi connectivity index (χ3n) is 4.44. The fraction of sp³-hybridized carbons (Fsp3) is 0.667. The zero-order valence-corrected chi connectivity index (χ0v) is 13.5. The predicted molar refractivity (Wildman–Crippen MR) is 90.5 cm³/mol. The van der Waals surface area contributed by atoms with Gasteiger partial charge in [0.05, 0.1) is 0 Å². The van der Waals surface area contributed by atoms with Gasteiger partial charge < -0.3 is 15.5 Å². The topological polar surface area (TPSA) is 32.5 Å². The molecule has 0 saturated carbocycles. The lowest BCUT2D eigenvalue weighted by atomic mass is 10.1. The number of benzene rings is 1. The summed E-state index contributed by atoms with van der Waals surface area (Å²) in [6.07, 6.45) is 3.76. The number of hydrogen-bond acceptors (Lipinski definition) is 3. The fourth-order valence-corrected chi connectivity index (χ4v) is 3.10. The third kappa shape index (κ3) is 6.16. The Morgan fingerprint density at radius 1 is 1.05 bits per heavy atom. The van der Waals surface area contributed by atoms with Gasteiger partial charge in [0.1, 0.15) is 0 Å². The van der Waals surface area contributed by atoms with Crippen molar-refractivity contribution < 1.29 is 0 Å². The summed E-state index contributed by atoms with van der Waals surface area (Å²) in [5.41, 5.74) is 7.20. The maximum Gasteiger partial charge on any atom is 0.0109 e. The SMILES string of the molecule is CC(CN)CN1CCCN(CCCc2ccccc2)CC1. The molecule has 0 aromatic heterocycles. The van der Waals surface area contributed by atoms with Crippen molar-refractivity contribution >= 4 is 0 Å². The average Bonchev–Trinajstić information content (AvgIpc) is 2.74. The largest absolute Gasteiger partial charge is 0.330 e. The third-order valence-corrected chi connectivity index (χ3v) is 4.44. The highest BCUT2D eigenvalue weighted by Gasteiger charge is 2.15. The maximum atomic E-state index is 5.74. The molecule has 1 atom stereocenters. The van der Waals surface area contributed by atoms with Crippen LogP contribution in [0.4, 0.5) is 0 Å².